The first kappa shape index (κ1) is 20.1. The molecule has 0 amide bonds. The van der Waals surface area contributed by atoms with Crippen LogP contribution in [0.1, 0.15) is 11.1 Å². The van der Waals surface area contributed by atoms with Gasteiger partial charge in [-0.05, 0) is 49.2 Å². The van der Waals surface area contributed by atoms with E-state index in [0.29, 0.717) is 9.98 Å². The Kier molecular flexibility index (Phi) is 8.31. The molecule has 2 aromatic rings. The quantitative estimate of drug-likeness (QED) is 0.410. The number of benzene rings is 2. The maximum atomic E-state index is 5.32. The van der Waals surface area contributed by atoms with E-state index in [1.807, 2.05) is 12.1 Å². The van der Waals surface area contributed by atoms with E-state index in [2.05, 4.69) is 71.5 Å². The Morgan fingerprint density at radius 2 is 1.12 bits per heavy atom. The van der Waals surface area contributed by atoms with Crippen molar-refractivity contribution in [1.82, 2.24) is 10.6 Å². The molecular formula is C20H26N4S2. The maximum absolute atomic E-state index is 5.32. The molecule has 0 aliphatic carbocycles. The second-order valence-electron chi connectivity index (χ2n) is 6.10. The Balaban J connectivity index is 1.58. The van der Waals surface area contributed by atoms with Crippen LogP contribution < -0.4 is 21.3 Å². The van der Waals surface area contributed by atoms with Gasteiger partial charge in [0.2, 0.25) is 0 Å². The molecule has 0 saturated carbocycles. The van der Waals surface area contributed by atoms with Gasteiger partial charge in [-0.1, -0.05) is 48.7 Å². The van der Waals surface area contributed by atoms with Crippen molar-refractivity contribution in [1.29, 1.82) is 0 Å². The Labute approximate surface area is 166 Å². The minimum absolute atomic E-state index is 0.585. The minimum Gasteiger partial charge on any atom is -0.383 e. The highest BCUT2D eigenvalue weighted by Crippen LogP contribution is 2.09. The van der Waals surface area contributed by atoms with Crippen LogP contribution in [-0.2, 0) is 0 Å². The zero-order valence-electron chi connectivity index (χ0n) is 15.3. The third-order valence-electron chi connectivity index (χ3n) is 3.72. The van der Waals surface area contributed by atoms with Gasteiger partial charge in [-0.25, -0.2) is 0 Å². The molecule has 0 unspecified atom stereocenters. The monoisotopic (exact) mass is 386 g/mol. The Hall–Kier alpha value is -2.18. The summed E-state index contributed by atoms with van der Waals surface area (Å²) in [6.45, 7) is 7.15. The molecule has 6 heteroatoms. The Bertz CT molecular complexity index is 683. The summed E-state index contributed by atoms with van der Waals surface area (Å²) >= 11 is 10.6. The smallest absolute Gasteiger partial charge is 0.134 e. The Morgan fingerprint density at radius 3 is 1.50 bits per heavy atom. The standard InChI is InChI=1S/C20H26N4S2/c1-15-5-3-7-17(13-15)21-9-11-23-19(25)20(26)24-12-10-22-18-8-4-6-16(2)14-18/h3-8,13-14,21-22H,9-12H2,1-2H3,(H,23,25)(H,24,26). The van der Waals surface area contributed by atoms with E-state index in [1.54, 1.807) is 0 Å². The molecule has 138 valence electrons. The highest BCUT2D eigenvalue weighted by Gasteiger charge is 2.03. The molecule has 2 aromatic carbocycles. The second kappa shape index (κ2) is 10.7. The van der Waals surface area contributed by atoms with Crippen LogP contribution in [0.15, 0.2) is 48.5 Å². The molecule has 0 aliphatic heterocycles. The lowest BCUT2D eigenvalue weighted by Crippen LogP contribution is -2.40. The van der Waals surface area contributed by atoms with Gasteiger partial charge in [0.05, 0.1) is 0 Å². The first-order valence-corrected chi connectivity index (χ1v) is 9.53. The lowest BCUT2D eigenvalue weighted by molar-refractivity contribution is 0.902. The largest absolute Gasteiger partial charge is 0.383 e. The SMILES string of the molecule is Cc1cccc(NCCNC(=S)C(=S)NCCNc2cccc(C)c2)c1. The fourth-order valence-corrected chi connectivity index (χ4v) is 2.78. The van der Waals surface area contributed by atoms with Gasteiger partial charge in [-0.3, -0.25) is 0 Å². The molecule has 0 fully saturated rings. The van der Waals surface area contributed by atoms with E-state index in [-0.39, 0.29) is 0 Å². The van der Waals surface area contributed by atoms with Crippen molar-refractivity contribution in [2.75, 3.05) is 36.8 Å². The van der Waals surface area contributed by atoms with E-state index in [0.717, 1.165) is 37.6 Å². The first-order chi connectivity index (χ1) is 12.5. The number of aryl methyl sites for hydroxylation is 2. The highest BCUT2D eigenvalue weighted by atomic mass is 32.1. The van der Waals surface area contributed by atoms with E-state index in [4.69, 9.17) is 24.4 Å². The van der Waals surface area contributed by atoms with Crippen molar-refractivity contribution >= 4 is 45.8 Å². The van der Waals surface area contributed by atoms with Crippen LogP contribution in [0.4, 0.5) is 11.4 Å². The molecule has 0 heterocycles. The number of thiocarbonyl (C=S) groups is 2. The average Bonchev–Trinajstić information content (AvgIpc) is 2.62. The summed E-state index contributed by atoms with van der Waals surface area (Å²) in [4.78, 5) is 1.17. The van der Waals surface area contributed by atoms with Gasteiger partial charge in [0.15, 0.2) is 0 Å². The van der Waals surface area contributed by atoms with Crippen LogP contribution in [0.25, 0.3) is 0 Å². The predicted octanol–water partition coefficient (Wildman–Crippen LogP) is 3.66. The molecule has 4 N–H and O–H groups in total. The normalized spacial score (nSPS) is 10.1. The molecular weight excluding hydrogens is 360 g/mol. The van der Waals surface area contributed by atoms with Crippen LogP contribution in [-0.4, -0.2) is 36.2 Å². The van der Waals surface area contributed by atoms with E-state index in [1.165, 1.54) is 11.1 Å². The molecule has 0 aliphatic rings. The summed E-state index contributed by atoms with van der Waals surface area (Å²) in [5.74, 6) is 0. The van der Waals surface area contributed by atoms with Gasteiger partial charge in [-0.2, -0.15) is 0 Å². The van der Waals surface area contributed by atoms with Gasteiger partial charge in [0.1, 0.15) is 9.98 Å². The third kappa shape index (κ3) is 7.37. The number of hydrogen-bond donors (Lipinski definition) is 4. The lowest BCUT2D eigenvalue weighted by Gasteiger charge is -2.13. The molecule has 2 rings (SSSR count). The first-order valence-electron chi connectivity index (χ1n) is 8.72. The topological polar surface area (TPSA) is 48.1 Å². The summed E-state index contributed by atoms with van der Waals surface area (Å²) in [6.07, 6.45) is 0. The van der Waals surface area contributed by atoms with Crippen LogP contribution in [0, 0.1) is 13.8 Å². The van der Waals surface area contributed by atoms with Crippen LogP contribution >= 0.6 is 24.4 Å². The van der Waals surface area contributed by atoms with Gasteiger partial charge in [0, 0.05) is 37.6 Å². The number of nitrogens with one attached hydrogen (secondary N) is 4. The molecule has 26 heavy (non-hydrogen) atoms. The van der Waals surface area contributed by atoms with E-state index in [9.17, 15) is 0 Å². The van der Waals surface area contributed by atoms with Crippen LogP contribution in [0.5, 0.6) is 0 Å². The number of anilines is 2. The van der Waals surface area contributed by atoms with E-state index < -0.39 is 0 Å². The zero-order valence-corrected chi connectivity index (χ0v) is 16.9. The summed E-state index contributed by atoms with van der Waals surface area (Å²) in [6, 6.07) is 16.6. The van der Waals surface area contributed by atoms with Crippen LogP contribution in [0.2, 0.25) is 0 Å². The lowest BCUT2D eigenvalue weighted by atomic mass is 10.2. The minimum atomic E-state index is 0.585. The molecule has 0 radical (unpaired) electrons. The molecule has 0 aromatic heterocycles. The summed E-state index contributed by atoms with van der Waals surface area (Å²) in [5, 5.41) is 13.1. The van der Waals surface area contributed by atoms with Gasteiger partial charge in [-0.15, -0.1) is 0 Å². The highest BCUT2D eigenvalue weighted by molar-refractivity contribution is 7.89. The summed E-state index contributed by atoms with van der Waals surface area (Å²) < 4.78 is 0. The molecule has 0 spiro atoms. The molecule has 0 saturated heterocycles. The van der Waals surface area contributed by atoms with Crippen molar-refractivity contribution in [3.8, 4) is 0 Å². The fourth-order valence-electron chi connectivity index (χ4n) is 2.44. The van der Waals surface area contributed by atoms with Crippen molar-refractivity contribution in [2.24, 2.45) is 0 Å². The van der Waals surface area contributed by atoms with Gasteiger partial charge in [0.25, 0.3) is 0 Å². The van der Waals surface area contributed by atoms with Gasteiger partial charge >= 0.3 is 0 Å². The van der Waals surface area contributed by atoms with Gasteiger partial charge < -0.3 is 21.3 Å². The predicted molar refractivity (Wildman–Crippen MR) is 121 cm³/mol. The number of rotatable bonds is 8. The maximum Gasteiger partial charge on any atom is 0.134 e. The van der Waals surface area contributed by atoms with Crippen LogP contribution in [0.3, 0.4) is 0 Å². The summed E-state index contributed by atoms with van der Waals surface area (Å²) in [7, 11) is 0. The molecule has 0 bridgehead atoms. The summed E-state index contributed by atoms with van der Waals surface area (Å²) in [5.41, 5.74) is 4.70. The molecule has 4 nitrogen and oxygen atoms in total. The fraction of sp³-hybridized carbons (Fsp3) is 0.300. The second-order valence-corrected chi connectivity index (χ2v) is 6.92. The van der Waals surface area contributed by atoms with Crippen molar-refractivity contribution in [2.45, 2.75) is 13.8 Å². The third-order valence-corrected chi connectivity index (χ3v) is 4.55. The number of hydrogen-bond acceptors (Lipinski definition) is 4. The van der Waals surface area contributed by atoms with E-state index >= 15 is 0 Å². The molecule has 0 atom stereocenters. The van der Waals surface area contributed by atoms with Crippen molar-refractivity contribution in [3.63, 3.8) is 0 Å². The Morgan fingerprint density at radius 1 is 0.692 bits per heavy atom. The zero-order chi connectivity index (χ0) is 18.8. The van der Waals surface area contributed by atoms with Crippen molar-refractivity contribution in [3.05, 3.63) is 59.7 Å². The average molecular weight is 387 g/mol. The van der Waals surface area contributed by atoms with Crippen molar-refractivity contribution < 1.29 is 0 Å².